The summed E-state index contributed by atoms with van der Waals surface area (Å²) < 4.78 is 0. The van der Waals surface area contributed by atoms with E-state index in [0.29, 0.717) is 6.17 Å². The largest absolute Gasteiger partial charge is 0.394 e. The summed E-state index contributed by atoms with van der Waals surface area (Å²) in [4.78, 5) is 4.26. The molecule has 2 atom stereocenters. The molecule has 0 amide bonds. The first kappa shape index (κ1) is 8.56. The van der Waals surface area contributed by atoms with Crippen molar-refractivity contribution in [3.8, 4) is 0 Å². The average Bonchev–Trinajstić information content (AvgIpc) is 2.01. The van der Waals surface area contributed by atoms with Crippen LogP contribution in [0.15, 0.2) is 12.3 Å². The van der Waals surface area contributed by atoms with E-state index in [-0.39, 0.29) is 12.6 Å². The molecule has 0 saturated carbocycles. The van der Waals surface area contributed by atoms with Gasteiger partial charge in [0.15, 0.2) is 0 Å². The van der Waals surface area contributed by atoms with Crippen molar-refractivity contribution in [1.82, 2.24) is 9.80 Å². The summed E-state index contributed by atoms with van der Waals surface area (Å²) in [6.45, 7) is 2.32. The summed E-state index contributed by atoms with van der Waals surface area (Å²) in [6.07, 6.45) is 4.41. The molecule has 3 nitrogen and oxygen atoms in total. The Morgan fingerprint density at radius 1 is 1.45 bits per heavy atom. The predicted molar refractivity (Wildman–Crippen MR) is 45.0 cm³/mol. The zero-order chi connectivity index (χ0) is 8.43. The molecule has 1 rings (SSSR count). The van der Waals surface area contributed by atoms with Crippen molar-refractivity contribution in [2.24, 2.45) is 0 Å². The van der Waals surface area contributed by atoms with Crippen molar-refractivity contribution in [3.63, 3.8) is 0 Å². The third kappa shape index (κ3) is 1.54. The summed E-state index contributed by atoms with van der Waals surface area (Å²) in [5.41, 5.74) is 0. The van der Waals surface area contributed by atoms with Crippen LogP contribution in [-0.4, -0.2) is 47.8 Å². The maximum atomic E-state index is 8.95. The molecule has 0 spiro atoms. The van der Waals surface area contributed by atoms with E-state index in [1.165, 1.54) is 0 Å². The van der Waals surface area contributed by atoms with Crippen LogP contribution in [0.25, 0.3) is 0 Å². The van der Waals surface area contributed by atoms with Crippen LogP contribution in [0.2, 0.25) is 0 Å². The minimum absolute atomic E-state index is 0.182. The Morgan fingerprint density at radius 2 is 2.09 bits per heavy atom. The van der Waals surface area contributed by atoms with Gasteiger partial charge in [-0.05, 0) is 26.2 Å². The molecule has 0 aromatic rings. The highest BCUT2D eigenvalue weighted by Gasteiger charge is 2.22. The van der Waals surface area contributed by atoms with E-state index in [2.05, 4.69) is 16.7 Å². The molecule has 0 saturated heterocycles. The Bertz CT molecular complexity index is 158. The van der Waals surface area contributed by atoms with Crippen LogP contribution in [-0.2, 0) is 0 Å². The van der Waals surface area contributed by atoms with Gasteiger partial charge in [-0.15, -0.1) is 0 Å². The van der Waals surface area contributed by atoms with E-state index >= 15 is 0 Å². The monoisotopic (exact) mass is 156 g/mol. The molecular weight excluding hydrogens is 140 g/mol. The van der Waals surface area contributed by atoms with Gasteiger partial charge in [0, 0.05) is 7.05 Å². The van der Waals surface area contributed by atoms with Crippen molar-refractivity contribution in [3.05, 3.63) is 12.3 Å². The molecule has 2 unspecified atom stereocenters. The summed E-state index contributed by atoms with van der Waals surface area (Å²) in [6, 6.07) is 0.182. The lowest BCUT2D eigenvalue weighted by atomic mass is 10.2. The molecule has 1 N–H and O–H groups in total. The van der Waals surface area contributed by atoms with Crippen LogP contribution in [0.4, 0.5) is 0 Å². The second-order valence-electron chi connectivity index (χ2n) is 3.05. The Morgan fingerprint density at radius 3 is 2.64 bits per heavy atom. The number of aliphatic hydroxyl groups is 1. The number of nitrogens with zero attached hydrogens (tertiary/aromatic N) is 2. The predicted octanol–water partition coefficient (Wildman–Crippen LogP) is 0.0842. The number of likely N-dealkylation sites (N-methyl/N-ethyl adjacent to an activating group) is 1. The summed E-state index contributed by atoms with van der Waals surface area (Å²) in [7, 11) is 4.05. The third-order valence-corrected chi connectivity index (χ3v) is 2.43. The van der Waals surface area contributed by atoms with E-state index in [0.717, 1.165) is 0 Å². The van der Waals surface area contributed by atoms with Crippen LogP contribution >= 0.6 is 0 Å². The highest BCUT2D eigenvalue weighted by Crippen LogP contribution is 2.12. The summed E-state index contributed by atoms with van der Waals surface area (Å²) in [5, 5.41) is 8.95. The van der Waals surface area contributed by atoms with Crippen LogP contribution in [0.1, 0.15) is 6.92 Å². The van der Waals surface area contributed by atoms with Gasteiger partial charge >= 0.3 is 0 Å². The summed E-state index contributed by atoms with van der Waals surface area (Å²) in [5.74, 6) is 0. The van der Waals surface area contributed by atoms with Crippen LogP contribution in [0, 0.1) is 0 Å². The van der Waals surface area contributed by atoms with Gasteiger partial charge in [-0.2, -0.15) is 0 Å². The molecule has 1 aliphatic rings. The highest BCUT2D eigenvalue weighted by atomic mass is 16.3. The lowest BCUT2D eigenvalue weighted by Crippen LogP contribution is -2.49. The molecule has 0 aromatic carbocycles. The second-order valence-corrected chi connectivity index (χ2v) is 3.05. The first-order chi connectivity index (χ1) is 5.16. The minimum atomic E-state index is 0.182. The zero-order valence-electron chi connectivity index (χ0n) is 7.36. The first-order valence-corrected chi connectivity index (χ1v) is 3.90. The topological polar surface area (TPSA) is 26.7 Å². The SMILES string of the molecule is CC1N(C)C=CC(CO)N1C. The first-order valence-electron chi connectivity index (χ1n) is 3.90. The minimum Gasteiger partial charge on any atom is -0.394 e. The van der Waals surface area contributed by atoms with Gasteiger partial charge in [0.25, 0.3) is 0 Å². The molecule has 1 heterocycles. The normalized spacial score (nSPS) is 32.9. The van der Waals surface area contributed by atoms with Crippen molar-refractivity contribution in [1.29, 1.82) is 0 Å². The quantitative estimate of drug-likeness (QED) is 0.582. The second kappa shape index (κ2) is 3.24. The molecule has 64 valence electrons. The van der Waals surface area contributed by atoms with E-state index in [9.17, 15) is 0 Å². The molecule has 1 aliphatic heterocycles. The van der Waals surface area contributed by atoms with Crippen molar-refractivity contribution in [2.75, 3.05) is 20.7 Å². The fraction of sp³-hybridized carbons (Fsp3) is 0.750. The lowest BCUT2D eigenvalue weighted by Gasteiger charge is -2.39. The number of hydrogen-bond donors (Lipinski definition) is 1. The molecular formula is C8H16N2O. The number of rotatable bonds is 1. The highest BCUT2D eigenvalue weighted by molar-refractivity contribution is 4.99. The third-order valence-electron chi connectivity index (χ3n) is 2.43. The maximum Gasteiger partial charge on any atom is 0.0786 e. The molecule has 0 radical (unpaired) electrons. The van der Waals surface area contributed by atoms with Gasteiger partial charge in [-0.1, -0.05) is 0 Å². The lowest BCUT2D eigenvalue weighted by molar-refractivity contribution is 0.0639. The van der Waals surface area contributed by atoms with E-state index in [4.69, 9.17) is 5.11 Å². The zero-order valence-corrected chi connectivity index (χ0v) is 7.36. The van der Waals surface area contributed by atoms with Gasteiger partial charge in [0.05, 0.1) is 18.8 Å². The maximum absolute atomic E-state index is 8.95. The van der Waals surface area contributed by atoms with Gasteiger partial charge in [0.1, 0.15) is 0 Å². The smallest absolute Gasteiger partial charge is 0.0786 e. The number of aliphatic hydroxyl groups excluding tert-OH is 1. The molecule has 3 heteroatoms. The van der Waals surface area contributed by atoms with E-state index < -0.39 is 0 Å². The summed E-state index contributed by atoms with van der Waals surface area (Å²) >= 11 is 0. The fourth-order valence-corrected chi connectivity index (χ4v) is 1.25. The molecule has 0 aliphatic carbocycles. The molecule has 0 bridgehead atoms. The molecule has 0 fully saturated rings. The van der Waals surface area contributed by atoms with E-state index in [1.807, 2.05) is 26.4 Å². The van der Waals surface area contributed by atoms with Crippen LogP contribution in [0.5, 0.6) is 0 Å². The Kier molecular flexibility index (Phi) is 2.52. The fourth-order valence-electron chi connectivity index (χ4n) is 1.25. The van der Waals surface area contributed by atoms with Gasteiger partial charge in [-0.25, -0.2) is 0 Å². The standard InChI is InChI=1S/C8H16N2O/c1-7-9(2)5-4-8(6-11)10(7)3/h4-5,7-8,11H,6H2,1-3H3. The Hall–Kier alpha value is -0.540. The van der Waals surface area contributed by atoms with Crippen LogP contribution < -0.4 is 0 Å². The number of hydrogen-bond acceptors (Lipinski definition) is 3. The Balaban J connectivity index is 2.68. The van der Waals surface area contributed by atoms with Crippen molar-refractivity contribution >= 4 is 0 Å². The van der Waals surface area contributed by atoms with Gasteiger partial charge < -0.3 is 10.0 Å². The average molecular weight is 156 g/mol. The van der Waals surface area contributed by atoms with E-state index in [1.54, 1.807) is 0 Å². The van der Waals surface area contributed by atoms with Gasteiger partial charge in [-0.3, -0.25) is 4.90 Å². The van der Waals surface area contributed by atoms with Crippen LogP contribution in [0.3, 0.4) is 0 Å². The molecule has 11 heavy (non-hydrogen) atoms. The molecule has 0 aromatic heterocycles. The van der Waals surface area contributed by atoms with Gasteiger partial charge in [0.2, 0.25) is 0 Å². The van der Waals surface area contributed by atoms with Crippen molar-refractivity contribution in [2.45, 2.75) is 19.1 Å². The van der Waals surface area contributed by atoms with Crippen molar-refractivity contribution < 1.29 is 5.11 Å². The Labute approximate surface area is 67.9 Å².